The Morgan fingerprint density at radius 3 is 2.48 bits per heavy atom. The van der Waals surface area contributed by atoms with Gasteiger partial charge in [-0.2, -0.15) is 0 Å². The van der Waals surface area contributed by atoms with Gasteiger partial charge in [0.1, 0.15) is 0 Å². The molecule has 1 heterocycles. The van der Waals surface area contributed by atoms with E-state index in [-0.39, 0.29) is 11.7 Å². The quantitative estimate of drug-likeness (QED) is 0.860. The molecule has 3 unspecified atom stereocenters. The van der Waals surface area contributed by atoms with Crippen LogP contribution >= 0.6 is 0 Å². The third kappa shape index (κ3) is 2.52. The number of amides is 1. The van der Waals surface area contributed by atoms with E-state index in [9.17, 15) is 4.79 Å². The fourth-order valence-electron chi connectivity index (χ4n) is 5.12. The maximum atomic E-state index is 13.2. The van der Waals surface area contributed by atoms with Crippen LogP contribution < -0.4 is 5.32 Å². The van der Waals surface area contributed by atoms with E-state index in [2.05, 4.69) is 31.0 Å². The van der Waals surface area contributed by atoms with E-state index in [1.54, 1.807) is 0 Å². The summed E-state index contributed by atoms with van der Waals surface area (Å²) in [6, 6.07) is 0.476. The normalized spacial score (nSPS) is 36.1. The zero-order valence-electron chi connectivity index (χ0n) is 14.0. The molecule has 0 aromatic rings. The molecule has 120 valence electrons. The van der Waals surface area contributed by atoms with Gasteiger partial charge in [0.05, 0.1) is 11.7 Å². The lowest BCUT2D eigenvalue weighted by atomic mass is 9.76. The molecule has 2 saturated carbocycles. The molecule has 3 atom stereocenters. The van der Waals surface area contributed by atoms with Crippen LogP contribution in [0.15, 0.2) is 0 Å². The van der Waals surface area contributed by atoms with Gasteiger partial charge in [0.25, 0.3) is 0 Å². The zero-order chi connectivity index (χ0) is 15.0. The van der Waals surface area contributed by atoms with Gasteiger partial charge in [0, 0.05) is 6.04 Å². The van der Waals surface area contributed by atoms with Gasteiger partial charge in [0.2, 0.25) is 5.91 Å². The standard InChI is InChI=1S/C18H32N2O/c1-4-16-19-18(11-7-8-12-18)17(21)20(16)15-10-6-5-9-14(15)13(2)3/h13-16,19H,4-12H2,1-3H3. The molecule has 21 heavy (non-hydrogen) atoms. The molecule has 1 amide bonds. The van der Waals surface area contributed by atoms with Crippen molar-refractivity contribution in [2.75, 3.05) is 0 Å². The Hall–Kier alpha value is -0.570. The van der Waals surface area contributed by atoms with Crippen LogP contribution in [0.3, 0.4) is 0 Å². The number of nitrogens with one attached hydrogen (secondary N) is 1. The monoisotopic (exact) mass is 292 g/mol. The van der Waals surface area contributed by atoms with E-state index < -0.39 is 0 Å². The van der Waals surface area contributed by atoms with Crippen LogP contribution in [0.2, 0.25) is 0 Å². The molecule has 0 bridgehead atoms. The van der Waals surface area contributed by atoms with Gasteiger partial charge in [-0.15, -0.1) is 0 Å². The molecule has 3 nitrogen and oxygen atoms in total. The van der Waals surface area contributed by atoms with E-state index in [0.717, 1.165) is 19.3 Å². The van der Waals surface area contributed by atoms with Crippen molar-refractivity contribution in [1.82, 2.24) is 10.2 Å². The molecule has 1 spiro atoms. The summed E-state index contributed by atoms with van der Waals surface area (Å²) < 4.78 is 0. The van der Waals surface area contributed by atoms with Crippen LogP contribution in [-0.2, 0) is 4.79 Å². The smallest absolute Gasteiger partial charge is 0.244 e. The van der Waals surface area contributed by atoms with Crippen LogP contribution in [0.1, 0.15) is 78.6 Å². The van der Waals surface area contributed by atoms with E-state index in [1.165, 1.54) is 38.5 Å². The first-order valence-corrected chi connectivity index (χ1v) is 9.19. The lowest BCUT2D eigenvalue weighted by Gasteiger charge is -2.42. The molecule has 3 rings (SSSR count). The van der Waals surface area contributed by atoms with Gasteiger partial charge in [0.15, 0.2) is 0 Å². The molecule has 1 aliphatic heterocycles. The van der Waals surface area contributed by atoms with Gasteiger partial charge >= 0.3 is 0 Å². The topological polar surface area (TPSA) is 32.3 Å². The van der Waals surface area contributed by atoms with Crippen molar-refractivity contribution in [2.24, 2.45) is 11.8 Å². The first-order chi connectivity index (χ1) is 10.1. The summed E-state index contributed by atoms with van der Waals surface area (Å²) in [7, 11) is 0. The van der Waals surface area contributed by atoms with Gasteiger partial charge in [-0.3, -0.25) is 10.1 Å². The Balaban J connectivity index is 1.86. The maximum Gasteiger partial charge on any atom is 0.244 e. The van der Waals surface area contributed by atoms with E-state index >= 15 is 0 Å². The summed E-state index contributed by atoms with van der Waals surface area (Å²) in [6.07, 6.45) is 11.0. The van der Waals surface area contributed by atoms with Gasteiger partial charge in [-0.05, 0) is 43.9 Å². The Kier molecular flexibility index (Phi) is 4.31. The third-order valence-corrected chi connectivity index (χ3v) is 6.26. The summed E-state index contributed by atoms with van der Waals surface area (Å²) in [5.41, 5.74) is -0.195. The number of rotatable bonds is 3. The largest absolute Gasteiger partial charge is 0.322 e. The SMILES string of the molecule is CCC1NC2(CCCC2)C(=O)N1C1CCCCC1C(C)C. The van der Waals surface area contributed by atoms with Gasteiger partial charge < -0.3 is 4.90 Å². The second-order valence-electron chi connectivity index (χ2n) is 7.83. The molecular formula is C18H32N2O. The molecule has 3 heteroatoms. The minimum absolute atomic E-state index is 0.195. The highest BCUT2D eigenvalue weighted by Gasteiger charge is 2.54. The van der Waals surface area contributed by atoms with E-state index in [0.29, 0.717) is 23.8 Å². The summed E-state index contributed by atoms with van der Waals surface area (Å²) in [5.74, 6) is 1.81. The molecule has 0 radical (unpaired) electrons. The van der Waals surface area contributed by atoms with Crippen LogP contribution in [0.25, 0.3) is 0 Å². The molecule has 0 aromatic heterocycles. The zero-order valence-corrected chi connectivity index (χ0v) is 14.0. The lowest BCUT2D eigenvalue weighted by Crippen LogP contribution is -2.50. The van der Waals surface area contributed by atoms with Gasteiger partial charge in [-0.1, -0.05) is 46.5 Å². The molecule has 0 aromatic carbocycles. The van der Waals surface area contributed by atoms with Crippen molar-refractivity contribution >= 4 is 5.91 Å². The molecule has 2 aliphatic carbocycles. The molecular weight excluding hydrogens is 260 g/mol. The first-order valence-electron chi connectivity index (χ1n) is 9.19. The Labute approximate surface area is 129 Å². The highest BCUT2D eigenvalue weighted by atomic mass is 16.2. The predicted molar refractivity (Wildman–Crippen MR) is 85.8 cm³/mol. The van der Waals surface area contributed by atoms with Crippen molar-refractivity contribution in [3.8, 4) is 0 Å². The summed E-state index contributed by atoms with van der Waals surface area (Å²) in [6.45, 7) is 6.89. The summed E-state index contributed by atoms with van der Waals surface area (Å²) in [4.78, 5) is 15.5. The van der Waals surface area contributed by atoms with Crippen LogP contribution in [-0.4, -0.2) is 28.6 Å². The second kappa shape index (κ2) is 5.91. The maximum absolute atomic E-state index is 13.2. The minimum atomic E-state index is -0.195. The highest BCUT2D eigenvalue weighted by molar-refractivity contribution is 5.89. The number of hydrogen-bond acceptors (Lipinski definition) is 2. The number of nitrogens with zero attached hydrogens (tertiary/aromatic N) is 1. The van der Waals surface area contributed by atoms with E-state index in [1.807, 2.05) is 0 Å². The number of carbonyl (C=O) groups is 1. The van der Waals surface area contributed by atoms with Crippen molar-refractivity contribution < 1.29 is 4.79 Å². The van der Waals surface area contributed by atoms with E-state index in [4.69, 9.17) is 0 Å². The van der Waals surface area contributed by atoms with Crippen LogP contribution in [0, 0.1) is 11.8 Å². The molecule has 1 saturated heterocycles. The Bertz CT molecular complexity index is 387. The highest BCUT2D eigenvalue weighted by Crippen LogP contribution is 2.42. The molecule has 3 aliphatic rings. The Morgan fingerprint density at radius 1 is 1.19 bits per heavy atom. The van der Waals surface area contributed by atoms with Crippen molar-refractivity contribution in [3.63, 3.8) is 0 Å². The number of hydrogen-bond donors (Lipinski definition) is 1. The third-order valence-electron chi connectivity index (χ3n) is 6.26. The Morgan fingerprint density at radius 2 is 1.86 bits per heavy atom. The molecule has 3 fully saturated rings. The first kappa shape index (κ1) is 15.3. The lowest BCUT2D eigenvalue weighted by molar-refractivity contribution is -0.137. The molecule has 1 N–H and O–H groups in total. The van der Waals surface area contributed by atoms with Crippen LogP contribution in [0.5, 0.6) is 0 Å². The average Bonchev–Trinajstić information content (AvgIpc) is 3.06. The predicted octanol–water partition coefficient (Wildman–Crippen LogP) is 3.68. The van der Waals surface area contributed by atoms with Crippen molar-refractivity contribution in [2.45, 2.75) is 96.3 Å². The fourth-order valence-corrected chi connectivity index (χ4v) is 5.12. The van der Waals surface area contributed by atoms with Gasteiger partial charge in [-0.25, -0.2) is 0 Å². The minimum Gasteiger partial charge on any atom is -0.322 e. The average molecular weight is 292 g/mol. The second-order valence-corrected chi connectivity index (χ2v) is 7.83. The van der Waals surface area contributed by atoms with Crippen molar-refractivity contribution in [3.05, 3.63) is 0 Å². The summed E-state index contributed by atoms with van der Waals surface area (Å²) >= 11 is 0. The van der Waals surface area contributed by atoms with Crippen LogP contribution in [0.4, 0.5) is 0 Å². The number of carbonyl (C=O) groups excluding carboxylic acids is 1. The summed E-state index contributed by atoms with van der Waals surface area (Å²) in [5, 5.41) is 3.75. The fraction of sp³-hybridized carbons (Fsp3) is 0.944. The van der Waals surface area contributed by atoms with Crippen molar-refractivity contribution in [1.29, 1.82) is 0 Å².